The number of nitrogens with one attached hydrogen (secondary N) is 1. The Kier molecular flexibility index (Phi) is 4.04. The zero-order chi connectivity index (χ0) is 18.1. The Labute approximate surface area is 142 Å². The molecular formula is C17H14N4O4. The number of aryl methyl sites for hydroxylation is 1. The van der Waals surface area contributed by atoms with E-state index in [9.17, 15) is 19.7 Å². The van der Waals surface area contributed by atoms with Crippen LogP contribution in [0.2, 0.25) is 0 Å². The van der Waals surface area contributed by atoms with Gasteiger partial charge in [-0.15, -0.1) is 0 Å². The molecule has 0 atom stereocenters. The van der Waals surface area contributed by atoms with Crippen molar-refractivity contribution in [1.82, 2.24) is 9.99 Å². The number of benzene rings is 2. The summed E-state index contributed by atoms with van der Waals surface area (Å²) in [6, 6.07) is 11.1. The highest BCUT2D eigenvalue weighted by Gasteiger charge is 2.20. The zero-order valence-electron chi connectivity index (χ0n) is 13.2. The molecule has 3 rings (SSSR count). The summed E-state index contributed by atoms with van der Waals surface area (Å²) < 4.78 is 1.29. The number of hydrogen-bond donors (Lipinski definition) is 2. The van der Waals surface area contributed by atoms with E-state index in [-0.39, 0.29) is 16.8 Å². The van der Waals surface area contributed by atoms with Crippen molar-refractivity contribution in [1.29, 1.82) is 0 Å². The van der Waals surface area contributed by atoms with Gasteiger partial charge in [0.25, 0.3) is 17.5 Å². The number of aromatic nitrogens is 1. The molecule has 1 heterocycles. The summed E-state index contributed by atoms with van der Waals surface area (Å²) in [6.07, 6.45) is 1.38. The monoisotopic (exact) mass is 338 g/mol. The summed E-state index contributed by atoms with van der Waals surface area (Å²) in [6.45, 7) is 1.60. The molecule has 0 bridgehead atoms. The third kappa shape index (κ3) is 2.74. The van der Waals surface area contributed by atoms with Crippen LogP contribution in [0.25, 0.3) is 10.9 Å². The minimum Gasteiger partial charge on any atom is -0.290 e. The van der Waals surface area contributed by atoms with Crippen LogP contribution < -0.4 is 11.3 Å². The number of carbonyl (C=O) groups is 2. The molecule has 126 valence electrons. The Morgan fingerprint density at radius 1 is 1.20 bits per heavy atom. The fourth-order valence-electron chi connectivity index (χ4n) is 2.68. The van der Waals surface area contributed by atoms with Crippen molar-refractivity contribution >= 4 is 28.4 Å². The fraction of sp³-hybridized carbons (Fsp3) is 0.0588. The Bertz CT molecular complexity index is 1020. The minimum atomic E-state index is -0.535. The first-order valence-electron chi connectivity index (χ1n) is 7.35. The van der Waals surface area contributed by atoms with E-state index in [1.165, 1.54) is 29.0 Å². The van der Waals surface area contributed by atoms with E-state index in [0.29, 0.717) is 16.5 Å². The summed E-state index contributed by atoms with van der Waals surface area (Å²) in [7, 11) is 0. The number of nitro benzene ring substituents is 1. The van der Waals surface area contributed by atoms with Crippen LogP contribution in [-0.2, 0) is 0 Å². The van der Waals surface area contributed by atoms with Gasteiger partial charge in [-0.3, -0.25) is 29.7 Å². The number of hydrogen-bond acceptors (Lipinski definition) is 5. The molecule has 2 aromatic carbocycles. The van der Waals surface area contributed by atoms with E-state index in [1.54, 1.807) is 31.2 Å². The number of para-hydroxylation sites is 1. The third-order valence-electron chi connectivity index (χ3n) is 3.96. The first-order valence-corrected chi connectivity index (χ1v) is 7.35. The van der Waals surface area contributed by atoms with Crippen LogP contribution in [0.3, 0.4) is 0 Å². The normalized spacial score (nSPS) is 10.6. The summed E-state index contributed by atoms with van der Waals surface area (Å²) in [4.78, 5) is 35.3. The molecule has 0 saturated heterocycles. The van der Waals surface area contributed by atoms with Gasteiger partial charge in [-0.25, -0.2) is 5.84 Å². The van der Waals surface area contributed by atoms with Crippen molar-refractivity contribution in [2.75, 3.05) is 0 Å². The molecule has 1 aromatic heterocycles. The van der Waals surface area contributed by atoms with E-state index in [0.717, 1.165) is 0 Å². The molecule has 0 saturated carbocycles. The highest BCUT2D eigenvalue weighted by molar-refractivity contribution is 6.11. The Morgan fingerprint density at radius 3 is 2.60 bits per heavy atom. The maximum atomic E-state index is 12.8. The smallest absolute Gasteiger partial charge is 0.273 e. The van der Waals surface area contributed by atoms with Gasteiger partial charge < -0.3 is 0 Å². The summed E-state index contributed by atoms with van der Waals surface area (Å²) in [5, 5.41) is 11.7. The van der Waals surface area contributed by atoms with E-state index in [4.69, 9.17) is 5.84 Å². The van der Waals surface area contributed by atoms with Crippen LogP contribution in [0.15, 0.2) is 48.7 Å². The van der Waals surface area contributed by atoms with Gasteiger partial charge in [0.05, 0.1) is 16.0 Å². The minimum absolute atomic E-state index is 0.137. The maximum absolute atomic E-state index is 12.8. The number of nitrogens with zero attached hydrogens (tertiary/aromatic N) is 2. The standard InChI is InChI=1S/C17H14N4O4/c1-10-6-7-11(8-15(10)21(24)25)17(23)20-9-13(16(22)19-18)12-4-2-3-5-14(12)20/h2-9H,18H2,1H3,(H,19,22). The molecule has 0 unspecified atom stereocenters. The number of amides is 1. The van der Waals surface area contributed by atoms with Gasteiger partial charge in [0, 0.05) is 28.8 Å². The Morgan fingerprint density at radius 2 is 1.92 bits per heavy atom. The second-order valence-electron chi connectivity index (χ2n) is 5.47. The fourth-order valence-corrected chi connectivity index (χ4v) is 2.68. The summed E-state index contributed by atoms with van der Waals surface area (Å²) in [5.74, 6) is 4.19. The summed E-state index contributed by atoms with van der Waals surface area (Å²) >= 11 is 0. The molecule has 1 amide bonds. The lowest BCUT2D eigenvalue weighted by molar-refractivity contribution is -0.385. The second kappa shape index (κ2) is 6.17. The lowest BCUT2D eigenvalue weighted by Gasteiger charge is -2.05. The van der Waals surface area contributed by atoms with Crippen molar-refractivity contribution in [3.8, 4) is 0 Å². The number of nitrogens with two attached hydrogens (primary N) is 1. The molecule has 3 N–H and O–H groups in total. The molecule has 8 nitrogen and oxygen atoms in total. The van der Waals surface area contributed by atoms with Crippen molar-refractivity contribution < 1.29 is 14.5 Å². The molecule has 0 aliphatic heterocycles. The maximum Gasteiger partial charge on any atom is 0.273 e. The quantitative estimate of drug-likeness (QED) is 0.328. The predicted molar refractivity (Wildman–Crippen MR) is 91.2 cm³/mol. The van der Waals surface area contributed by atoms with Crippen LogP contribution in [0.1, 0.15) is 26.3 Å². The zero-order valence-corrected chi connectivity index (χ0v) is 13.2. The van der Waals surface area contributed by atoms with Crippen molar-refractivity contribution in [3.63, 3.8) is 0 Å². The van der Waals surface area contributed by atoms with Crippen molar-refractivity contribution in [2.45, 2.75) is 6.92 Å². The van der Waals surface area contributed by atoms with Gasteiger partial charge in [0.15, 0.2) is 0 Å². The number of carbonyl (C=O) groups excluding carboxylic acids is 2. The molecule has 0 aliphatic carbocycles. The highest BCUT2D eigenvalue weighted by atomic mass is 16.6. The molecular weight excluding hydrogens is 324 g/mol. The van der Waals surface area contributed by atoms with Gasteiger partial charge >= 0.3 is 0 Å². The van der Waals surface area contributed by atoms with E-state index >= 15 is 0 Å². The molecule has 3 aromatic rings. The molecule has 0 spiro atoms. The van der Waals surface area contributed by atoms with Crippen LogP contribution in [0, 0.1) is 17.0 Å². The number of nitro groups is 1. The van der Waals surface area contributed by atoms with Crippen LogP contribution in [0.4, 0.5) is 5.69 Å². The van der Waals surface area contributed by atoms with Crippen LogP contribution >= 0.6 is 0 Å². The lowest BCUT2D eigenvalue weighted by atomic mass is 10.1. The molecule has 25 heavy (non-hydrogen) atoms. The third-order valence-corrected chi connectivity index (χ3v) is 3.96. The largest absolute Gasteiger partial charge is 0.290 e. The van der Waals surface area contributed by atoms with E-state index in [2.05, 4.69) is 0 Å². The number of rotatable bonds is 3. The van der Waals surface area contributed by atoms with E-state index < -0.39 is 16.7 Å². The highest BCUT2D eigenvalue weighted by Crippen LogP contribution is 2.24. The van der Waals surface area contributed by atoms with Crippen LogP contribution in [-0.4, -0.2) is 21.3 Å². The van der Waals surface area contributed by atoms with Crippen molar-refractivity contribution in [3.05, 3.63) is 75.5 Å². The predicted octanol–water partition coefficient (Wildman–Crippen LogP) is 2.15. The molecule has 0 aliphatic rings. The average molecular weight is 338 g/mol. The average Bonchev–Trinajstić information content (AvgIpc) is 3.00. The Hall–Kier alpha value is -3.52. The number of hydrazine groups is 1. The Balaban J connectivity index is 2.17. The second-order valence-corrected chi connectivity index (χ2v) is 5.47. The lowest BCUT2D eigenvalue weighted by Crippen LogP contribution is -2.29. The summed E-state index contributed by atoms with van der Waals surface area (Å²) in [5.41, 5.74) is 3.27. The topological polar surface area (TPSA) is 120 Å². The SMILES string of the molecule is Cc1ccc(C(=O)n2cc(C(=O)NN)c3ccccc32)cc1[N+](=O)[O-]. The van der Waals surface area contributed by atoms with Gasteiger partial charge in [-0.1, -0.05) is 24.3 Å². The van der Waals surface area contributed by atoms with Crippen LogP contribution in [0.5, 0.6) is 0 Å². The first kappa shape index (κ1) is 16.3. The number of nitrogen functional groups attached to an aromatic ring is 1. The van der Waals surface area contributed by atoms with E-state index in [1.807, 2.05) is 5.43 Å². The molecule has 8 heteroatoms. The molecule has 0 radical (unpaired) electrons. The van der Waals surface area contributed by atoms with Gasteiger partial charge in [0.1, 0.15) is 0 Å². The van der Waals surface area contributed by atoms with Crippen molar-refractivity contribution in [2.24, 2.45) is 5.84 Å². The number of fused-ring (bicyclic) bond motifs is 1. The molecule has 0 fully saturated rings. The van der Waals surface area contributed by atoms with Gasteiger partial charge in [-0.05, 0) is 19.1 Å². The van der Waals surface area contributed by atoms with Gasteiger partial charge in [0.2, 0.25) is 0 Å². The van der Waals surface area contributed by atoms with Gasteiger partial charge in [-0.2, -0.15) is 0 Å². The first-order chi connectivity index (χ1) is 11.9.